The number of hydrogen-bond acceptors (Lipinski definition) is 3. The number of carbonyl (C=O) groups excluding carboxylic acids is 1. The molecule has 0 aromatic heterocycles. The van der Waals surface area contributed by atoms with Crippen LogP contribution in [0.3, 0.4) is 0 Å². The van der Waals surface area contributed by atoms with E-state index in [4.69, 9.17) is 9.84 Å². The number of anilines is 1. The largest absolute Gasteiger partial charge is 0.495 e. The van der Waals surface area contributed by atoms with E-state index in [-0.39, 0.29) is 6.03 Å². The molecule has 0 aliphatic carbocycles. The van der Waals surface area contributed by atoms with Gasteiger partial charge < -0.3 is 20.5 Å². The minimum Gasteiger partial charge on any atom is -0.495 e. The number of carbonyl (C=O) groups is 2. The fraction of sp³-hybridized carbons (Fsp3) is 0.467. The Morgan fingerprint density at radius 3 is 2.71 bits per heavy atom. The van der Waals surface area contributed by atoms with Gasteiger partial charge in [-0.3, -0.25) is 4.79 Å². The van der Waals surface area contributed by atoms with Gasteiger partial charge in [-0.2, -0.15) is 0 Å². The van der Waals surface area contributed by atoms with E-state index in [1.54, 1.807) is 20.1 Å². The highest BCUT2D eigenvalue weighted by atomic mass is 16.5. The van der Waals surface area contributed by atoms with Gasteiger partial charge in [0.05, 0.1) is 18.7 Å². The number of aliphatic carboxylic acids is 1. The lowest BCUT2D eigenvalue weighted by Gasteiger charge is -2.12. The lowest BCUT2D eigenvalue weighted by atomic mass is 10.1. The van der Waals surface area contributed by atoms with Crippen molar-refractivity contribution in [1.82, 2.24) is 5.32 Å². The highest BCUT2D eigenvalue weighted by Crippen LogP contribution is 2.24. The van der Waals surface area contributed by atoms with Crippen molar-refractivity contribution >= 4 is 17.7 Å². The van der Waals surface area contributed by atoms with Gasteiger partial charge >= 0.3 is 12.0 Å². The minimum absolute atomic E-state index is 0.332. The smallest absolute Gasteiger partial charge is 0.319 e. The monoisotopic (exact) mass is 294 g/mol. The summed E-state index contributed by atoms with van der Waals surface area (Å²) in [6, 6.07) is 5.18. The van der Waals surface area contributed by atoms with Crippen LogP contribution in [0.15, 0.2) is 18.2 Å². The van der Waals surface area contributed by atoms with Crippen LogP contribution in [0.4, 0.5) is 10.5 Å². The Kier molecular flexibility index (Phi) is 6.52. The molecular formula is C15H22N2O4. The van der Waals surface area contributed by atoms with E-state index in [0.717, 1.165) is 5.56 Å². The molecule has 6 nitrogen and oxygen atoms in total. The first-order chi connectivity index (χ1) is 9.93. The van der Waals surface area contributed by atoms with Crippen LogP contribution in [0.1, 0.15) is 25.3 Å². The average molecular weight is 294 g/mol. The van der Waals surface area contributed by atoms with Gasteiger partial charge in [-0.05, 0) is 37.5 Å². The van der Waals surface area contributed by atoms with Crippen LogP contribution in [-0.2, 0) is 4.79 Å². The van der Waals surface area contributed by atoms with Crippen molar-refractivity contribution < 1.29 is 19.4 Å². The third-order valence-corrected chi connectivity index (χ3v) is 3.12. The van der Waals surface area contributed by atoms with Gasteiger partial charge in [0.1, 0.15) is 5.75 Å². The molecule has 1 unspecified atom stereocenters. The lowest BCUT2D eigenvalue weighted by Crippen LogP contribution is -2.30. The first-order valence-corrected chi connectivity index (χ1v) is 6.86. The lowest BCUT2D eigenvalue weighted by molar-refractivity contribution is -0.141. The zero-order valence-corrected chi connectivity index (χ0v) is 12.6. The van der Waals surface area contributed by atoms with Crippen molar-refractivity contribution in [2.45, 2.75) is 26.7 Å². The maximum absolute atomic E-state index is 11.8. The molecule has 0 fully saturated rings. The molecule has 0 radical (unpaired) electrons. The normalized spacial score (nSPS) is 11.6. The number of ether oxygens (including phenoxy) is 1. The Labute approximate surface area is 124 Å². The van der Waals surface area contributed by atoms with Gasteiger partial charge in [0.25, 0.3) is 0 Å². The highest BCUT2D eigenvalue weighted by Gasteiger charge is 2.11. The number of rotatable bonds is 7. The number of methoxy groups -OCH3 is 1. The molecule has 0 saturated heterocycles. The third-order valence-electron chi connectivity index (χ3n) is 3.12. The first kappa shape index (κ1) is 16.8. The molecule has 0 aliphatic rings. The van der Waals surface area contributed by atoms with E-state index >= 15 is 0 Å². The maximum atomic E-state index is 11.8. The topological polar surface area (TPSA) is 87.7 Å². The summed E-state index contributed by atoms with van der Waals surface area (Å²) >= 11 is 0. The van der Waals surface area contributed by atoms with Crippen LogP contribution in [0, 0.1) is 12.8 Å². The standard InChI is InChI=1S/C15H22N2O4/c1-10-6-7-13(21-3)12(9-10)17-15(20)16-8-4-5-11(2)14(18)19/h6-7,9,11H,4-5,8H2,1-3H3,(H,18,19)(H2,16,17,20). The Bertz CT molecular complexity index is 502. The fourth-order valence-electron chi connectivity index (χ4n) is 1.82. The van der Waals surface area contributed by atoms with Gasteiger partial charge in [-0.25, -0.2) is 4.79 Å². The quantitative estimate of drug-likeness (QED) is 0.675. The summed E-state index contributed by atoms with van der Waals surface area (Å²) in [5.74, 6) is -0.620. The number of aryl methyl sites for hydroxylation is 1. The average Bonchev–Trinajstić information content (AvgIpc) is 2.43. The van der Waals surface area contributed by atoms with Crippen molar-refractivity contribution in [1.29, 1.82) is 0 Å². The van der Waals surface area contributed by atoms with Gasteiger partial charge in [0.15, 0.2) is 0 Å². The van der Waals surface area contributed by atoms with Crippen molar-refractivity contribution in [2.24, 2.45) is 5.92 Å². The van der Waals surface area contributed by atoms with Gasteiger partial charge in [0, 0.05) is 6.54 Å². The van der Waals surface area contributed by atoms with Gasteiger partial charge in [-0.15, -0.1) is 0 Å². The second kappa shape index (κ2) is 8.14. The van der Waals surface area contributed by atoms with Crippen molar-refractivity contribution in [3.63, 3.8) is 0 Å². The third kappa shape index (κ3) is 5.72. The predicted octanol–water partition coefficient (Wildman–Crippen LogP) is 2.63. The summed E-state index contributed by atoms with van der Waals surface area (Å²) in [5, 5.41) is 14.2. The molecule has 0 spiro atoms. The number of nitrogens with one attached hydrogen (secondary N) is 2. The fourth-order valence-corrected chi connectivity index (χ4v) is 1.82. The first-order valence-electron chi connectivity index (χ1n) is 6.86. The van der Waals surface area contributed by atoms with E-state index < -0.39 is 11.9 Å². The van der Waals surface area contributed by atoms with E-state index in [1.807, 2.05) is 19.1 Å². The molecule has 6 heteroatoms. The Balaban J connectivity index is 2.40. The number of benzene rings is 1. The second-order valence-corrected chi connectivity index (χ2v) is 4.97. The van der Waals surface area contributed by atoms with Crippen LogP contribution in [0.2, 0.25) is 0 Å². The Hall–Kier alpha value is -2.24. The molecule has 116 valence electrons. The number of carboxylic acids is 1. The summed E-state index contributed by atoms with van der Waals surface area (Å²) in [6.45, 7) is 4.01. The van der Waals surface area contributed by atoms with Crippen molar-refractivity contribution in [2.75, 3.05) is 19.0 Å². The highest BCUT2D eigenvalue weighted by molar-refractivity contribution is 5.91. The zero-order valence-electron chi connectivity index (χ0n) is 12.6. The Morgan fingerprint density at radius 1 is 1.38 bits per heavy atom. The van der Waals surface area contributed by atoms with Gasteiger partial charge in [-0.1, -0.05) is 13.0 Å². The second-order valence-electron chi connectivity index (χ2n) is 4.97. The zero-order chi connectivity index (χ0) is 15.8. The van der Waals surface area contributed by atoms with Crippen LogP contribution >= 0.6 is 0 Å². The summed E-state index contributed by atoms with van der Waals surface area (Å²) < 4.78 is 5.18. The van der Waals surface area contributed by atoms with Crippen molar-refractivity contribution in [3.05, 3.63) is 23.8 Å². The summed E-state index contributed by atoms with van der Waals surface area (Å²) in [6.07, 6.45) is 1.15. The molecule has 1 aromatic carbocycles. The number of carboxylic acid groups (broad SMARTS) is 1. The molecule has 1 atom stereocenters. The molecule has 0 saturated carbocycles. The maximum Gasteiger partial charge on any atom is 0.319 e. The molecule has 0 bridgehead atoms. The number of hydrogen-bond donors (Lipinski definition) is 3. The van der Waals surface area contributed by atoms with E-state index in [2.05, 4.69) is 10.6 Å². The number of urea groups is 1. The number of amides is 2. The Morgan fingerprint density at radius 2 is 2.10 bits per heavy atom. The van der Waals surface area contributed by atoms with Crippen LogP contribution < -0.4 is 15.4 Å². The SMILES string of the molecule is COc1ccc(C)cc1NC(=O)NCCCC(C)C(=O)O. The predicted molar refractivity (Wildman–Crippen MR) is 80.8 cm³/mol. The summed E-state index contributed by atoms with van der Waals surface area (Å²) in [4.78, 5) is 22.4. The molecule has 2 amide bonds. The summed E-state index contributed by atoms with van der Waals surface area (Å²) in [7, 11) is 1.54. The van der Waals surface area contributed by atoms with Crippen LogP contribution in [-0.4, -0.2) is 30.8 Å². The molecule has 0 aliphatic heterocycles. The molecule has 1 rings (SSSR count). The molecule has 21 heavy (non-hydrogen) atoms. The van der Waals surface area contributed by atoms with Crippen LogP contribution in [0.5, 0.6) is 5.75 Å². The van der Waals surface area contributed by atoms with Crippen LogP contribution in [0.25, 0.3) is 0 Å². The van der Waals surface area contributed by atoms with E-state index in [0.29, 0.717) is 30.8 Å². The molecule has 1 aromatic rings. The minimum atomic E-state index is -0.816. The molecule has 3 N–H and O–H groups in total. The van der Waals surface area contributed by atoms with E-state index in [9.17, 15) is 9.59 Å². The molecular weight excluding hydrogens is 272 g/mol. The summed E-state index contributed by atoms with van der Waals surface area (Å²) in [5.41, 5.74) is 1.62. The van der Waals surface area contributed by atoms with E-state index in [1.165, 1.54) is 0 Å². The van der Waals surface area contributed by atoms with Gasteiger partial charge in [0.2, 0.25) is 0 Å². The molecule has 0 heterocycles. The van der Waals surface area contributed by atoms with Crippen molar-refractivity contribution in [3.8, 4) is 5.75 Å².